The lowest BCUT2D eigenvalue weighted by Crippen LogP contribution is -2.49. The van der Waals surface area contributed by atoms with Crippen LogP contribution in [0.15, 0.2) is 78.9 Å². The number of anilines is 2. The molecule has 1 unspecified atom stereocenters. The summed E-state index contributed by atoms with van der Waals surface area (Å²) in [6, 6.07) is 28.7. The highest BCUT2D eigenvalue weighted by Crippen LogP contribution is 2.48. The van der Waals surface area contributed by atoms with Crippen LogP contribution in [0.25, 0.3) is 0 Å². The number of carbonyl (C=O) groups is 1. The molecule has 2 aliphatic rings. The van der Waals surface area contributed by atoms with Crippen molar-refractivity contribution in [3.05, 3.63) is 95.6 Å². The number of nitriles is 1. The second-order valence-electron chi connectivity index (χ2n) is 9.05. The van der Waals surface area contributed by atoms with E-state index >= 15 is 0 Å². The number of halogens is 1. The van der Waals surface area contributed by atoms with Gasteiger partial charge in [0, 0.05) is 38.4 Å². The SMILES string of the molecule is CCN1C(=O)C(CCN2CCN(c3ccccc3C#N)CC2)(c2ccccc2)c2ccccc21.Cl. The van der Waals surface area contributed by atoms with Crippen LogP contribution in [0.3, 0.4) is 0 Å². The number of para-hydroxylation sites is 2. The molecule has 0 spiro atoms. The van der Waals surface area contributed by atoms with Gasteiger partial charge in [0.2, 0.25) is 5.91 Å². The molecule has 0 saturated carbocycles. The van der Waals surface area contributed by atoms with Gasteiger partial charge >= 0.3 is 0 Å². The molecule has 0 N–H and O–H groups in total. The van der Waals surface area contributed by atoms with E-state index in [1.807, 2.05) is 66.4 Å². The smallest absolute Gasteiger partial charge is 0.242 e. The van der Waals surface area contributed by atoms with E-state index in [0.717, 1.165) is 67.2 Å². The summed E-state index contributed by atoms with van der Waals surface area (Å²) in [5.74, 6) is 0.184. The molecule has 2 aliphatic heterocycles. The number of hydrogen-bond acceptors (Lipinski definition) is 4. The van der Waals surface area contributed by atoms with E-state index in [0.29, 0.717) is 6.54 Å². The molecule has 0 radical (unpaired) electrons. The maximum absolute atomic E-state index is 14.0. The third-order valence-electron chi connectivity index (χ3n) is 7.39. The molecule has 2 heterocycles. The lowest BCUT2D eigenvalue weighted by molar-refractivity contribution is -0.122. The summed E-state index contributed by atoms with van der Waals surface area (Å²) in [6.07, 6.45) is 0.748. The van der Waals surface area contributed by atoms with E-state index in [1.54, 1.807) is 0 Å². The number of fused-ring (bicyclic) bond motifs is 1. The number of rotatable bonds is 6. The number of nitrogens with zero attached hydrogens (tertiary/aromatic N) is 4. The highest BCUT2D eigenvalue weighted by molar-refractivity contribution is 6.10. The second-order valence-corrected chi connectivity index (χ2v) is 9.05. The Kier molecular flexibility index (Phi) is 7.45. The van der Waals surface area contributed by atoms with Gasteiger partial charge in [-0.25, -0.2) is 0 Å². The van der Waals surface area contributed by atoms with Crippen molar-refractivity contribution >= 4 is 29.7 Å². The summed E-state index contributed by atoms with van der Waals surface area (Å²) in [5, 5.41) is 9.47. The first-order valence-electron chi connectivity index (χ1n) is 12.1. The van der Waals surface area contributed by atoms with Crippen LogP contribution in [0.2, 0.25) is 0 Å². The van der Waals surface area contributed by atoms with Crippen LogP contribution in [-0.2, 0) is 10.2 Å². The summed E-state index contributed by atoms with van der Waals surface area (Å²) < 4.78 is 0. The Morgan fingerprint density at radius 1 is 0.857 bits per heavy atom. The predicted octanol–water partition coefficient (Wildman–Crippen LogP) is 4.84. The Bertz CT molecular complexity index is 1220. The van der Waals surface area contributed by atoms with Gasteiger partial charge < -0.3 is 9.80 Å². The Labute approximate surface area is 214 Å². The van der Waals surface area contributed by atoms with Crippen LogP contribution in [0.5, 0.6) is 0 Å². The minimum Gasteiger partial charge on any atom is -0.368 e. The van der Waals surface area contributed by atoms with Crippen LogP contribution >= 0.6 is 12.4 Å². The average Bonchev–Trinajstić information content (AvgIpc) is 3.16. The van der Waals surface area contributed by atoms with E-state index in [1.165, 1.54) is 0 Å². The quantitative estimate of drug-likeness (QED) is 0.500. The Morgan fingerprint density at radius 3 is 2.17 bits per heavy atom. The van der Waals surface area contributed by atoms with E-state index in [4.69, 9.17) is 0 Å². The number of likely N-dealkylation sites (N-methyl/N-ethyl adjacent to an activating group) is 1. The van der Waals surface area contributed by atoms with Crippen molar-refractivity contribution in [3.8, 4) is 6.07 Å². The first-order chi connectivity index (χ1) is 16.7. The summed E-state index contributed by atoms with van der Waals surface area (Å²) >= 11 is 0. The first-order valence-corrected chi connectivity index (χ1v) is 12.1. The fraction of sp³-hybridized carbons (Fsp3) is 0.310. The molecule has 1 amide bonds. The molecule has 3 aromatic carbocycles. The van der Waals surface area contributed by atoms with Crippen molar-refractivity contribution < 1.29 is 4.79 Å². The molecule has 180 valence electrons. The van der Waals surface area contributed by atoms with Gasteiger partial charge in [-0.3, -0.25) is 9.69 Å². The second kappa shape index (κ2) is 10.5. The fourth-order valence-corrected chi connectivity index (χ4v) is 5.61. The molecule has 0 bridgehead atoms. The topological polar surface area (TPSA) is 50.6 Å². The Balaban J connectivity index is 0.00000289. The van der Waals surface area contributed by atoms with Crippen LogP contribution in [0.4, 0.5) is 11.4 Å². The third-order valence-corrected chi connectivity index (χ3v) is 7.39. The van der Waals surface area contributed by atoms with Gasteiger partial charge in [0.1, 0.15) is 11.5 Å². The van der Waals surface area contributed by atoms with Gasteiger partial charge in [0.15, 0.2) is 0 Å². The molecule has 5 nitrogen and oxygen atoms in total. The largest absolute Gasteiger partial charge is 0.368 e. The minimum absolute atomic E-state index is 0. The molecule has 35 heavy (non-hydrogen) atoms. The third kappa shape index (κ3) is 4.29. The molecular weight excluding hydrogens is 456 g/mol. The molecule has 3 aromatic rings. The van der Waals surface area contributed by atoms with Gasteiger partial charge in [-0.05, 0) is 49.2 Å². The number of hydrogen-bond donors (Lipinski definition) is 0. The number of carbonyl (C=O) groups excluding carboxylic acids is 1. The van der Waals surface area contributed by atoms with Crippen molar-refractivity contribution in [2.24, 2.45) is 0 Å². The van der Waals surface area contributed by atoms with Crippen LogP contribution < -0.4 is 9.80 Å². The maximum atomic E-state index is 14.0. The molecule has 0 aliphatic carbocycles. The zero-order chi connectivity index (χ0) is 23.5. The zero-order valence-electron chi connectivity index (χ0n) is 20.1. The summed E-state index contributed by atoms with van der Waals surface area (Å²) in [4.78, 5) is 20.7. The maximum Gasteiger partial charge on any atom is 0.242 e. The van der Waals surface area contributed by atoms with E-state index < -0.39 is 5.41 Å². The van der Waals surface area contributed by atoms with Crippen LogP contribution in [0.1, 0.15) is 30.0 Å². The van der Waals surface area contributed by atoms with E-state index in [2.05, 4.69) is 40.1 Å². The van der Waals surface area contributed by atoms with Crippen molar-refractivity contribution in [3.63, 3.8) is 0 Å². The van der Waals surface area contributed by atoms with Crippen LogP contribution in [0, 0.1) is 11.3 Å². The number of amides is 1. The van der Waals surface area contributed by atoms with Gasteiger partial charge in [-0.2, -0.15) is 5.26 Å². The predicted molar refractivity (Wildman–Crippen MR) is 143 cm³/mol. The van der Waals surface area contributed by atoms with E-state index in [9.17, 15) is 10.1 Å². The lowest BCUT2D eigenvalue weighted by atomic mass is 9.72. The van der Waals surface area contributed by atoms with Crippen molar-refractivity contribution in [2.45, 2.75) is 18.8 Å². The lowest BCUT2D eigenvalue weighted by Gasteiger charge is -2.38. The highest BCUT2D eigenvalue weighted by atomic mass is 35.5. The highest BCUT2D eigenvalue weighted by Gasteiger charge is 2.51. The zero-order valence-corrected chi connectivity index (χ0v) is 20.9. The standard InChI is InChI=1S/C29H30N4O.ClH/c1-2-33-27-15-9-7-13-25(27)29(28(33)34,24-11-4-3-5-12-24)16-17-31-18-20-32(21-19-31)26-14-8-6-10-23(26)22-30;/h3-15H,2,16-21H2,1H3;1H. The summed E-state index contributed by atoms with van der Waals surface area (Å²) in [5.41, 5.74) is 4.32. The minimum atomic E-state index is -0.654. The monoisotopic (exact) mass is 486 g/mol. The average molecular weight is 487 g/mol. The molecular formula is C29H31ClN4O. The summed E-state index contributed by atoms with van der Waals surface area (Å²) in [6.45, 7) is 7.15. The number of benzene rings is 3. The molecule has 5 rings (SSSR count). The fourth-order valence-electron chi connectivity index (χ4n) is 5.61. The molecule has 6 heteroatoms. The van der Waals surface area contributed by atoms with Crippen molar-refractivity contribution in [1.82, 2.24) is 4.90 Å². The van der Waals surface area contributed by atoms with Crippen LogP contribution in [-0.4, -0.2) is 50.1 Å². The van der Waals surface area contributed by atoms with Crippen molar-refractivity contribution in [2.75, 3.05) is 49.1 Å². The van der Waals surface area contributed by atoms with Gasteiger partial charge in [0.05, 0.1) is 11.3 Å². The number of piperazine rings is 1. The summed E-state index contributed by atoms with van der Waals surface area (Å²) in [7, 11) is 0. The Morgan fingerprint density at radius 2 is 1.49 bits per heavy atom. The van der Waals surface area contributed by atoms with Gasteiger partial charge in [-0.1, -0.05) is 60.7 Å². The Hall–Kier alpha value is -3.33. The first kappa shape index (κ1) is 24.8. The van der Waals surface area contributed by atoms with Gasteiger partial charge in [0.25, 0.3) is 0 Å². The normalized spacial score (nSPS) is 19.7. The molecule has 1 saturated heterocycles. The molecule has 1 fully saturated rings. The molecule has 0 aromatic heterocycles. The molecule has 1 atom stereocenters. The van der Waals surface area contributed by atoms with Gasteiger partial charge in [-0.15, -0.1) is 12.4 Å². The van der Waals surface area contributed by atoms with Crippen molar-refractivity contribution in [1.29, 1.82) is 5.26 Å². The van der Waals surface area contributed by atoms with E-state index in [-0.39, 0.29) is 18.3 Å².